The molecule has 6 nitrogen and oxygen atoms in total. The molecular weight excluding hydrogens is 522 g/mol. The molecule has 0 aliphatic carbocycles. The molecule has 1 aliphatic rings. The fraction of sp³-hybridized carbons (Fsp3) is 0.458. The van der Waals surface area contributed by atoms with Crippen molar-refractivity contribution < 1.29 is 14.2 Å². The van der Waals surface area contributed by atoms with Crippen LogP contribution in [0, 0.1) is 5.82 Å². The normalized spacial score (nSPS) is 15.2. The highest BCUT2D eigenvalue weighted by molar-refractivity contribution is 14.0. The minimum absolute atomic E-state index is 0. The second kappa shape index (κ2) is 13.5. The maximum atomic E-state index is 13.1. The van der Waals surface area contributed by atoms with Crippen molar-refractivity contribution in [2.45, 2.75) is 38.8 Å². The largest absolute Gasteiger partial charge is 0.504 e. The molecule has 0 unspecified atom stereocenters. The fourth-order valence-corrected chi connectivity index (χ4v) is 3.77. The van der Waals surface area contributed by atoms with Gasteiger partial charge in [-0.25, -0.2) is 4.39 Å². The Bertz CT molecular complexity index is 856. The Hall–Kier alpha value is -2.07. The Morgan fingerprint density at radius 1 is 1.16 bits per heavy atom. The highest BCUT2D eigenvalue weighted by Crippen LogP contribution is 2.26. The van der Waals surface area contributed by atoms with Crippen molar-refractivity contribution in [2.24, 2.45) is 4.99 Å². The first-order chi connectivity index (χ1) is 15.1. The molecule has 0 bridgehead atoms. The number of likely N-dealkylation sites (tertiary alicyclic amines) is 1. The van der Waals surface area contributed by atoms with E-state index in [0.29, 0.717) is 18.3 Å². The zero-order valence-electron chi connectivity index (χ0n) is 18.8. The van der Waals surface area contributed by atoms with Crippen LogP contribution in [0.1, 0.15) is 30.9 Å². The lowest BCUT2D eigenvalue weighted by atomic mass is 10.0. The van der Waals surface area contributed by atoms with Gasteiger partial charge in [0.15, 0.2) is 17.5 Å². The van der Waals surface area contributed by atoms with Gasteiger partial charge in [-0.05, 0) is 61.6 Å². The van der Waals surface area contributed by atoms with Gasteiger partial charge in [-0.15, -0.1) is 24.0 Å². The summed E-state index contributed by atoms with van der Waals surface area (Å²) in [6.45, 7) is 6.38. The van der Waals surface area contributed by atoms with Crippen molar-refractivity contribution in [1.82, 2.24) is 15.5 Å². The number of ether oxygens (including phenoxy) is 1. The summed E-state index contributed by atoms with van der Waals surface area (Å²) in [6, 6.07) is 12.6. The van der Waals surface area contributed by atoms with Crippen LogP contribution >= 0.6 is 24.0 Å². The van der Waals surface area contributed by atoms with E-state index in [1.807, 2.05) is 24.3 Å². The predicted molar refractivity (Wildman–Crippen MR) is 138 cm³/mol. The van der Waals surface area contributed by atoms with Crippen molar-refractivity contribution in [2.75, 3.05) is 33.3 Å². The summed E-state index contributed by atoms with van der Waals surface area (Å²) in [5.41, 5.74) is 2.22. The second-order valence-corrected chi connectivity index (χ2v) is 7.84. The zero-order chi connectivity index (χ0) is 22.1. The molecule has 0 radical (unpaired) electrons. The first kappa shape index (κ1) is 26.2. The van der Waals surface area contributed by atoms with E-state index in [0.717, 1.165) is 62.5 Å². The lowest BCUT2D eigenvalue weighted by Crippen LogP contribution is -2.48. The topological polar surface area (TPSA) is 69.1 Å². The van der Waals surface area contributed by atoms with Gasteiger partial charge in [0.05, 0.1) is 7.11 Å². The second-order valence-electron chi connectivity index (χ2n) is 7.84. The maximum absolute atomic E-state index is 13.1. The Balaban J connectivity index is 0.00000363. The average Bonchev–Trinajstić information content (AvgIpc) is 2.78. The van der Waals surface area contributed by atoms with Crippen LogP contribution in [0.3, 0.4) is 0 Å². The smallest absolute Gasteiger partial charge is 0.191 e. The fourth-order valence-electron chi connectivity index (χ4n) is 3.77. The molecule has 2 aromatic rings. The van der Waals surface area contributed by atoms with Crippen LogP contribution in [0.2, 0.25) is 0 Å². The quantitative estimate of drug-likeness (QED) is 0.262. The first-order valence-electron chi connectivity index (χ1n) is 10.9. The minimum Gasteiger partial charge on any atom is -0.504 e. The Morgan fingerprint density at radius 3 is 2.50 bits per heavy atom. The number of guanidine groups is 1. The number of phenols is 1. The Morgan fingerprint density at radius 2 is 1.84 bits per heavy atom. The third-order valence-corrected chi connectivity index (χ3v) is 5.51. The van der Waals surface area contributed by atoms with Crippen molar-refractivity contribution in [3.05, 3.63) is 59.4 Å². The zero-order valence-corrected chi connectivity index (χ0v) is 21.1. The minimum atomic E-state index is -0.188. The van der Waals surface area contributed by atoms with Crippen LogP contribution in [0.4, 0.5) is 4.39 Å². The Kier molecular flexibility index (Phi) is 11.0. The predicted octanol–water partition coefficient (Wildman–Crippen LogP) is 3.92. The number of hydrogen-bond acceptors (Lipinski definition) is 4. The number of piperidine rings is 1. The van der Waals surface area contributed by atoms with Crippen LogP contribution in [-0.2, 0) is 13.0 Å². The van der Waals surface area contributed by atoms with Gasteiger partial charge < -0.3 is 20.5 Å². The number of nitrogens with one attached hydrogen (secondary N) is 2. The highest BCUT2D eigenvalue weighted by atomic mass is 127. The van der Waals surface area contributed by atoms with E-state index < -0.39 is 0 Å². The van der Waals surface area contributed by atoms with Crippen LogP contribution in [0.5, 0.6) is 11.5 Å². The van der Waals surface area contributed by atoms with Crippen LogP contribution in [0.25, 0.3) is 0 Å². The van der Waals surface area contributed by atoms with E-state index in [1.165, 1.54) is 12.1 Å². The number of rotatable bonds is 8. The molecule has 176 valence electrons. The molecule has 2 aromatic carbocycles. The summed E-state index contributed by atoms with van der Waals surface area (Å²) < 4.78 is 18.3. The van der Waals surface area contributed by atoms with Gasteiger partial charge in [0.25, 0.3) is 0 Å². The van der Waals surface area contributed by atoms with E-state index in [9.17, 15) is 9.50 Å². The third kappa shape index (κ3) is 8.12. The molecule has 1 saturated heterocycles. The summed E-state index contributed by atoms with van der Waals surface area (Å²) in [5.74, 6) is 1.28. The van der Waals surface area contributed by atoms with Crippen molar-refractivity contribution >= 4 is 29.9 Å². The molecule has 3 N–H and O–H groups in total. The number of hydrogen-bond donors (Lipinski definition) is 3. The van der Waals surface area contributed by atoms with Gasteiger partial charge in [-0.3, -0.25) is 9.89 Å². The van der Waals surface area contributed by atoms with Crippen LogP contribution in [0.15, 0.2) is 47.5 Å². The monoisotopic (exact) mass is 556 g/mol. The number of nitrogens with zero attached hydrogens (tertiary/aromatic N) is 2. The number of benzene rings is 2. The number of phenolic OH excluding ortho intramolecular Hbond substituents is 1. The number of aliphatic imine (C=N–C) groups is 1. The average molecular weight is 556 g/mol. The molecule has 0 spiro atoms. The van der Waals surface area contributed by atoms with Gasteiger partial charge in [0.2, 0.25) is 0 Å². The standard InChI is InChI=1S/C24H33FN4O2.HI/c1-3-26-24(27-13-10-18-6-9-22(30)23(16-18)31-2)28-21-11-14-29(15-12-21)17-19-4-7-20(25)8-5-19;/h4-9,16,21,30H,3,10-15,17H2,1-2H3,(H2,26,27,28);1H. The van der Waals surface area contributed by atoms with Gasteiger partial charge >= 0.3 is 0 Å². The van der Waals surface area contributed by atoms with Crippen molar-refractivity contribution in [1.29, 1.82) is 0 Å². The molecule has 1 aliphatic heterocycles. The molecule has 3 rings (SSSR count). The summed E-state index contributed by atoms with van der Waals surface area (Å²) >= 11 is 0. The molecular formula is C24H34FIN4O2. The lowest BCUT2D eigenvalue weighted by molar-refractivity contribution is 0.198. The molecule has 0 aromatic heterocycles. The first-order valence-corrected chi connectivity index (χ1v) is 10.9. The summed E-state index contributed by atoms with van der Waals surface area (Å²) in [4.78, 5) is 7.13. The van der Waals surface area contributed by atoms with Crippen LogP contribution < -0.4 is 15.4 Å². The number of aromatic hydroxyl groups is 1. The van der Waals surface area contributed by atoms with Crippen molar-refractivity contribution in [3.63, 3.8) is 0 Å². The SMILES string of the molecule is CCNC(=NCCc1ccc(O)c(OC)c1)NC1CCN(Cc2ccc(F)cc2)CC1.I. The molecule has 32 heavy (non-hydrogen) atoms. The third-order valence-electron chi connectivity index (χ3n) is 5.51. The molecule has 8 heteroatoms. The maximum Gasteiger partial charge on any atom is 0.191 e. The summed E-state index contributed by atoms with van der Waals surface area (Å²) in [7, 11) is 1.55. The van der Waals surface area contributed by atoms with Crippen molar-refractivity contribution in [3.8, 4) is 11.5 Å². The van der Waals surface area contributed by atoms with E-state index in [-0.39, 0.29) is 35.5 Å². The molecule has 0 saturated carbocycles. The summed E-state index contributed by atoms with van der Waals surface area (Å²) in [6.07, 6.45) is 2.85. The van der Waals surface area contributed by atoms with Gasteiger partial charge in [-0.2, -0.15) is 0 Å². The van der Waals surface area contributed by atoms with Gasteiger partial charge in [0.1, 0.15) is 5.82 Å². The van der Waals surface area contributed by atoms with E-state index in [2.05, 4.69) is 22.5 Å². The molecule has 0 amide bonds. The van der Waals surface area contributed by atoms with Gasteiger partial charge in [-0.1, -0.05) is 18.2 Å². The Labute approximate surface area is 207 Å². The lowest BCUT2D eigenvalue weighted by Gasteiger charge is -2.33. The van der Waals surface area contributed by atoms with Crippen LogP contribution in [-0.4, -0.2) is 55.3 Å². The van der Waals surface area contributed by atoms with Gasteiger partial charge in [0, 0.05) is 38.8 Å². The highest BCUT2D eigenvalue weighted by Gasteiger charge is 2.20. The van der Waals surface area contributed by atoms with E-state index in [4.69, 9.17) is 9.73 Å². The van der Waals surface area contributed by atoms with E-state index >= 15 is 0 Å². The number of halogens is 2. The van der Waals surface area contributed by atoms with E-state index in [1.54, 1.807) is 13.2 Å². The molecule has 1 heterocycles. The summed E-state index contributed by atoms with van der Waals surface area (Å²) in [5, 5.41) is 16.6. The molecule has 0 atom stereocenters. The number of methoxy groups -OCH3 is 1. The molecule has 1 fully saturated rings.